The minimum Gasteiger partial charge on any atom is -0.376 e. The molecule has 2 aromatic rings. The highest BCUT2D eigenvalue weighted by Crippen LogP contribution is 2.31. The van der Waals surface area contributed by atoms with Gasteiger partial charge in [0.25, 0.3) is 5.56 Å². The number of aryl methyl sites for hydroxylation is 2. The summed E-state index contributed by atoms with van der Waals surface area (Å²) < 4.78 is 7.48. The maximum atomic E-state index is 13.4. The summed E-state index contributed by atoms with van der Waals surface area (Å²) in [6.45, 7) is 11.2. The highest BCUT2D eigenvalue weighted by Gasteiger charge is 2.25. The average molecular weight is 422 g/mol. The Morgan fingerprint density at radius 1 is 1.57 bits per heavy atom. The highest BCUT2D eigenvalue weighted by molar-refractivity contribution is 8.00. The Kier molecular flexibility index (Phi) is 6.95. The molecule has 0 aliphatic carbocycles. The zero-order valence-corrected chi connectivity index (χ0v) is 18.3. The molecule has 0 saturated carbocycles. The topological polar surface area (TPSA) is 73.2 Å². The van der Waals surface area contributed by atoms with Crippen molar-refractivity contribution in [1.82, 2.24) is 14.9 Å². The lowest BCUT2D eigenvalue weighted by molar-refractivity contribution is -0.120. The molecule has 28 heavy (non-hydrogen) atoms. The van der Waals surface area contributed by atoms with Gasteiger partial charge in [-0.15, -0.1) is 17.9 Å². The molecule has 152 valence electrons. The molecule has 3 rings (SSSR count). The average Bonchev–Trinajstić information content (AvgIpc) is 3.29. The molecular weight excluding hydrogens is 394 g/mol. The molecule has 1 fully saturated rings. The Bertz CT molecular complexity index is 929. The Morgan fingerprint density at radius 3 is 3.00 bits per heavy atom. The van der Waals surface area contributed by atoms with E-state index in [1.165, 1.54) is 11.8 Å². The molecule has 0 spiro atoms. The number of hydrogen-bond donors (Lipinski definition) is 1. The number of aromatic nitrogens is 2. The van der Waals surface area contributed by atoms with E-state index >= 15 is 0 Å². The first kappa shape index (κ1) is 21.1. The van der Waals surface area contributed by atoms with E-state index in [0.29, 0.717) is 18.2 Å². The number of thioether (sulfide) groups is 1. The normalized spacial score (nSPS) is 17.8. The Hall–Kier alpha value is -1.64. The third-order valence-electron chi connectivity index (χ3n) is 4.91. The molecule has 8 heteroatoms. The van der Waals surface area contributed by atoms with Crippen molar-refractivity contribution in [2.24, 2.45) is 0 Å². The number of nitrogens with one attached hydrogen (secondary N) is 1. The van der Waals surface area contributed by atoms with Gasteiger partial charge in [0.05, 0.1) is 23.3 Å². The summed E-state index contributed by atoms with van der Waals surface area (Å²) in [6, 6.07) is 0. The second kappa shape index (κ2) is 9.24. The van der Waals surface area contributed by atoms with Crippen molar-refractivity contribution in [1.29, 1.82) is 0 Å². The van der Waals surface area contributed by atoms with Crippen LogP contribution in [-0.4, -0.2) is 40.0 Å². The molecule has 2 atom stereocenters. The van der Waals surface area contributed by atoms with E-state index in [4.69, 9.17) is 9.72 Å². The van der Waals surface area contributed by atoms with Crippen LogP contribution in [0.4, 0.5) is 0 Å². The van der Waals surface area contributed by atoms with Gasteiger partial charge in [0.2, 0.25) is 5.91 Å². The maximum absolute atomic E-state index is 13.4. The number of carbonyl (C=O) groups excluding carboxylic acids is 1. The Morgan fingerprint density at radius 2 is 2.36 bits per heavy atom. The zero-order chi connectivity index (χ0) is 20.3. The Balaban J connectivity index is 2.02. The van der Waals surface area contributed by atoms with Gasteiger partial charge in [0.15, 0.2) is 5.16 Å². The third kappa shape index (κ3) is 4.34. The molecule has 3 heterocycles. The van der Waals surface area contributed by atoms with Crippen molar-refractivity contribution in [2.75, 3.05) is 13.2 Å². The number of nitrogens with zero attached hydrogens (tertiary/aromatic N) is 2. The fourth-order valence-corrected chi connectivity index (χ4v) is 5.53. The van der Waals surface area contributed by atoms with E-state index in [2.05, 4.69) is 18.8 Å². The number of fused-ring (bicyclic) bond motifs is 1. The van der Waals surface area contributed by atoms with E-state index in [-0.39, 0.29) is 22.8 Å². The van der Waals surface area contributed by atoms with Gasteiger partial charge in [-0.1, -0.05) is 24.8 Å². The summed E-state index contributed by atoms with van der Waals surface area (Å²) in [6.07, 6.45) is 4.41. The van der Waals surface area contributed by atoms with Crippen LogP contribution in [0.3, 0.4) is 0 Å². The van der Waals surface area contributed by atoms with Gasteiger partial charge in [-0.2, -0.15) is 0 Å². The van der Waals surface area contributed by atoms with Gasteiger partial charge in [-0.3, -0.25) is 14.2 Å². The van der Waals surface area contributed by atoms with Crippen molar-refractivity contribution >= 4 is 39.2 Å². The van der Waals surface area contributed by atoms with Crippen LogP contribution < -0.4 is 10.9 Å². The number of carbonyl (C=O) groups is 1. The molecule has 0 aromatic carbocycles. The van der Waals surface area contributed by atoms with Crippen molar-refractivity contribution in [3.63, 3.8) is 0 Å². The first-order chi connectivity index (χ1) is 13.5. The summed E-state index contributed by atoms with van der Waals surface area (Å²) in [5.74, 6) is -0.0977. The molecule has 1 N–H and O–H groups in total. The van der Waals surface area contributed by atoms with Crippen LogP contribution in [0.5, 0.6) is 0 Å². The van der Waals surface area contributed by atoms with Gasteiger partial charge >= 0.3 is 0 Å². The second-order valence-electron chi connectivity index (χ2n) is 6.91. The molecule has 2 aromatic heterocycles. The molecule has 0 bridgehead atoms. The van der Waals surface area contributed by atoms with E-state index in [1.807, 2.05) is 13.8 Å². The standard InChI is InChI=1S/C20H27N3O3S2/c1-5-9-21-17(24)13(4)28-20-22-18-16(15(6-2)12(3)27-18)19(25)23(20)11-14-8-7-10-26-14/h5,13-14H,1,6-11H2,2-4H3,(H,21,24)/t13-,14-/m1/s1. The summed E-state index contributed by atoms with van der Waals surface area (Å²) in [4.78, 5) is 32.4. The summed E-state index contributed by atoms with van der Waals surface area (Å²) in [7, 11) is 0. The van der Waals surface area contributed by atoms with E-state index in [0.717, 1.165) is 46.5 Å². The molecule has 1 aliphatic rings. The van der Waals surface area contributed by atoms with E-state index in [1.54, 1.807) is 22.0 Å². The lowest BCUT2D eigenvalue weighted by Gasteiger charge is -2.18. The maximum Gasteiger partial charge on any atom is 0.263 e. The lowest BCUT2D eigenvalue weighted by Crippen LogP contribution is -2.33. The van der Waals surface area contributed by atoms with E-state index < -0.39 is 0 Å². The van der Waals surface area contributed by atoms with Gasteiger partial charge in [-0.25, -0.2) is 4.98 Å². The minimum atomic E-state index is -0.369. The monoisotopic (exact) mass is 421 g/mol. The zero-order valence-electron chi connectivity index (χ0n) is 16.6. The van der Waals surface area contributed by atoms with Crippen LogP contribution >= 0.6 is 23.1 Å². The fraction of sp³-hybridized carbons (Fsp3) is 0.550. The predicted octanol–water partition coefficient (Wildman–Crippen LogP) is 3.29. The molecule has 6 nitrogen and oxygen atoms in total. The van der Waals surface area contributed by atoms with Crippen molar-refractivity contribution in [2.45, 2.75) is 63.1 Å². The van der Waals surface area contributed by atoms with Crippen molar-refractivity contribution < 1.29 is 9.53 Å². The van der Waals surface area contributed by atoms with Gasteiger partial charge in [0, 0.05) is 18.0 Å². The van der Waals surface area contributed by atoms with Crippen LogP contribution in [-0.2, 0) is 22.5 Å². The van der Waals surface area contributed by atoms with Gasteiger partial charge in [0.1, 0.15) is 4.83 Å². The fourth-order valence-electron chi connectivity index (χ4n) is 3.43. The smallest absolute Gasteiger partial charge is 0.263 e. The first-order valence-electron chi connectivity index (χ1n) is 9.65. The highest BCUT2D eigenvalue weighted by atomic mass is 32.2. The number of hydrogen-bond acceptors (Lipinski definition) is 6. The SMILES string of the molecule is C=CCNC(=O)[C@@H](C)Sc1nc2sc(C)c(CC)c2c(=O)n1C[C@H]1CCCO1. The third-order valence-corrected chi connectivity index (χ3v) is 7.04. The minimum absolute atomic E-state index is 0.0195. The summed E-state index contributed by atoms with van der Waals surface area (Å²) in [5, 5.41) is 3.74. The first-order valence-corrected chi connectivity index (χ1v) is 11.4. The molecule has 1 saturated heterocycles. The van der Waals surface area contributed by atoms with Crippen LogP contribution in [0, 0.1) is 6.92 Å². The van der Waals surface area contributed by atoms with Gasteiger partial charge in [-0.05, 0) is 38.7 Å². The van der Waals surface area contributed by atoms with Crippen LogP contribution in [0.2, 0.25) is 0 Å². The number of thiophene rings is 1. The van der Waals surface area contributed by atoms with Gasteiger partial charge < -0.3 is 10.1 Å². The van der Waals surface area contributed by atoms with E-state index in [9.17, 15) is 9.59 Å². The Labute approximate surface area is 173 Å². The molecule has 0 radical (unpaired) electrons. The van der Waals surface area contributed by atoms with Crippen molar-refractivity contribution in [3.8, 4) is 0 Å². The molecule has 1 aliphatic heterocycles. The number of rotatable bonds is 8. The van der Waals surface area contributed by atoms with Crippen LogP contribution in [0.15, 0.2) is 22.6 Å². The largest absolute Gasteiger partial charge is 0.376 e. The van der Waals surface area contributed by atoms with Crippen LogP contribution in [0.25, 0.3) is 10.2 Å². The van der Waals surface area contributed by atoms with Crippen LogP contribution in [0.1, 0.15) is 37.1 Å². The summed E-state index contributed by atoms with van der Waals surface area (Å²) >= 11 is 2.87. The molecule has 1 amide bonds. The summed E-state index contributed by atoms with van der Waals surface area (Å²) in [5.41, 5.74) is 1.05. The molecule has 0 unspecified atom stereocenters. The lowest BCUT2D eigenvalue weighted by atomic mass is 10.1. The van der Waals surface area contributed by atoms with Crippen molar-refractivity contribution in [3.05, 3.63) is 33.4 Å². The molecular formula is C20H27N3O3S2. The quantitative estimate of drug-likeness (QED) is 0.402. The number of ether oxygens (including phenoxy) is 1. The second-order valence-corrected chi connectivity index (χ2v) is 9.42. The number of amides is 1. The predicted molar refractivity (Wildman–Crippen MR) is 115 cm³/mol.